The van der Waals surface area contributed by atoms with Crippen LogP contribution >= 0.6 is 11.6 Å². The molecule has 0 atom stereocenters. The third kappa shape index (κ3) is 3.03. The number of ether oxygens (including phenoxy) is 1. The molecule has 0 aliphatic rings. The van der Waals surface area contributed by atoms with Gasteiger partial charge in [-0.05, 0) is 31.9 Å². The van der Waals surface area contributed by atoms with Gasteiger partial charge in [-0.2, -0.15) is 4.98 Å². The van der Waals surface area contributed by atoms with Gasteiger partial charge in [-0.25, -0.2) is 4.98 Å². The van der Waals surface area contributed by atoms with Gasteiger partial charge in [0.25, 0.3) is 5.88 Å². The highest BCUT2D eigenvalue weighted by Crippen LogP contribution is 2.28. The maximum atomic E-state index is 10.7. The van der Waals surface area contributed by atoms with Gasteiger partial charge in [0.05, 0.1) is 4.92 Å². The van der Waals surface area contributed by atoms with E-state index in [1.54, 1.807) is 0 Å². The molecule has 16 heavy (non-hydrogen) atoms. The van der Waals surface area contributed by atoms with Crippen LogP contribution in [0.3, 0.4) is 0 Å². The zero-order chi connectivity index (χ0) is 12.3. The smallest absolute Gasteiger partial charge is 0.349 e. The van der Waals surface area contributed by atoms with Crippen molar-refractivity contribution in [1.82, 2.24) is 9.97 Å². The molecular formula is C9H12ClN3O3. The zero-order valence-electron chi connectivity index (χ0n) is 9.23. The summed E-state index contributed by atoms with van der Waals surface area (Å²) >= 11 is 5.57. The molecule has 0 saturated heterocycles. The summed E-state index contributed by atoms with van der Waals surface area (Å²) in [5, 5.41) is 10.6. The van der Waals surface area contributed by atoms with Crippen LogP contribution < -0.4 is 4.74 Å². The Balaban J connectivity index is 3.10. The quantitative estimate of drug-likeness (QED) is 0.463. The van der Waals surface area contributed by atoms with Crippen LogP contribution in [-0.2, 0) is 0 Å². The molecule has 1 heterocycles. The lowest BCUT2D eigenvalue weighted by Gasteiger charge is -2.23. The van der Waals surface area contributed by atoms with Gasteiger partial charge in [0.1, 0.15) is 11.8 Å². The number of rotatable bonds is 4. The molecule has 0 aliphatic heterocycles. The van der Waals surface area contributed by atoms with Crippen molar-refractivity contribution in [2.45, 2.75) is 32.8 Å². The molecular weight excluding hydrogens is 234 g/mol. The van der Waals surface area contributed by atoms with Gasteiger partial charge < -0.3 is 4.74 Å². The highest BCUT2D eigenvalue weighted by atomic mass is 35.5. The van der Waals surface area contributed by atoms with Crippen LogP contribution in [0.5, 0.6) is 5.88 Å². The van der Waals surface area contributed by atoms with E-state index in [9.17, 15) is 10.1 Å². The van der Waals surface area contributed by atoms with E-state index in [1.807, 2.05) is 20.8 Å². The van der Waals surface area contributed by atoms with Crippen molar-refractivity contribution in [3.05, 3.63) is 21.6 Å². The molecule has 0 aromatic carbocycles. The second-order valence-corrected chi connectivity index (χ2v) is 4.14. The first-order chi connectivity index (χ1) is 7.35. The lowest BCUT2D eigenvalue weighted by atomic mass is 10.1. The first kappa shape index (κ1) is 12.6. The molecule has 7 heteroatoms. The van der Waals surface area contributed by atoms with E-state index in [1.165, 1.54) is 0 Å². The number of nitrogens with zero attached hydrogens (tertiary/aromatic N) is 3. The van der Waals surface area contributed by atoms with Crippen LogP contribution in [0.2, 0.25) is 5.28 Å². The Kier molecular flexibility index (Phi) is 3.64. The summed E-state index contributed by atoms with van der Waals surface area (Å²) in [4.78, 5) is 17.4. The van der Waals surface area contributed by atoms with E-state index in [2.05, 4.69) is 9.97 Å². The van der Waals surface area contributed by atoms with Crippen molar-refractivity contribution < 1.29 is 9.66 Å². The summed E-state index contributed by atoms with van der Waals surface area (Å²) in [5.41, 5.74) is -0.825. The second-order valence-electron chi connectivity index (χ2n) is 3.80. The van der Waals surface area contributed by atoms with E-state index >= 15 is 0 Å². The van der Waals surface area contributed by atoms with Crippen molar-refractivity contribution in [2.24, 2.45) is 0 Å². The average molecular weight is 246 g/mol. The minimum atomic E-state index is -0.600. The Morgan fingerprint density at radius 3 is 2.75 bits per heavy atom. The molecule has 1 rings (SSSR count). The fraction of sp³-hybridized carbons (Fsp3) is 0.556. The van der Waals surface area contributed by atoms with E-state index in [0.29, 0.717) is 6.42 Å². The molecule has 0 spiro atoms. The molecule has 6 nitrogen and oxygen atoms in total. The monoisotopic (exact) mass is 245 g/mol. The second kappa shape index (κ2) is 4.61. The molecule has 0 fully saturated rings. The van der Waals surface area contributed by atoms with Crippen LogP contribution in [0, 0.1) is 10.1 Å². The van der Waals surface area contributed by atoms with E-state index < -0.39 is 10.5 Å². The van der Waals surface area contributed by atoms with Gasteiger partial charge in [-0.1, -0.05) is 6.92 Å². The minimum absolute atomic E-state index is 0.0764. The topological polar surface area (TPSA) is 78.2 Å². The van der Waals surface area contributed by atoms with Gasteiger partial charge in [-0.3, -0.25) is 10.1 Å². The SMILES string of the molecule is CCC(C)(C)Oc1nc(Cl)ncc1[N+](=O)[O-]. The highest BCUT2D eigenvalue weighted by molar-refractivity contribution is 6.28. The van der Waals surface area contributed by atoms with Crippen molar-refractivity contribution in [1.29, 1.82) is 0 Å². The fourth-order valence-corrected chi connectivity index (χ4v) is 0.999. The van der Waals surface area contributed by atoms with E-state index in [-0.39, 0.29) is 16.9 Å². The first-order valence-electron chi connectivity index (χ1n) is 4.71. The van der Waals surface area contributed by atoms with E-state index in [0.717, 1.165) is 6.20 Å². The molecule has 88 valence electrons. The Labute approximate surface area is 97.8 Å². The Hall–Kier alpha value is -1.43. The molecule has 1 aromatic rings. The minimum Gasteiger partial charge on any atom is -0.467 e. The van der Waals surface area contributed by atoms with Crippen LogP contribution in [0.25, 0.3) is 0 Å². The van der Waals surface area contributed by atoms with Gasteiger partial charge in [0.15, 0.2) is 0 Å². The van der Waals surface area contributed by atoms with Crippen molar-refractivity contribution in [3.8, 4) is 5.88 Å². The Morgan fingerprint density at radius 2 is 2.25 bits per heavy atom. The fourth-order valence-electron chi connectivity index (χ4n) is 0.874. The van der Waals surface area contributed by atoms with E-state index in [4.69, 9.17) is 16.3 Å². The Bertz CT molecular complexity index is 409. The average Bonchev–Trinajstić information content (AvgIpc) is 2.16. The van der Waals surface area contributed by atoms with Gasteiger partial charge in [0, 0.05) is 0 Å². The third-order valence-electron chi connectivity index (χ3n) is 2.13. The maximum Gasteiger partial charge on any atom is 0.349 e. The summed E-state index contributed by atoms with van der Waals surface area (Å²) in [7, 11) is 0. The largest absolute Gasteiger partial charge is 0.467 e. The van der Waals surface area contributed by atoms with Crippen LogP contribution in [0.4, 0.5) is 5.69 Å². The van der Waals surface area contributed by atoms with Crippen molar-refractivity contribution >= 4 is 17.3 Å². The predicted octanol–water partition coefficient (Wildman–Crippen LogP) is 2.61. The molecule has 1 aromatic heterocycles. The van der Waals surface area contributed by atoms with Gasteiger partial charge >= 0.3 is 5.69 Å². The lowest BCUT2D eigenvalue weighted by molar-refractivity contribution is -0.386. The number of aromatic nitrogens is 2. The van der Waals surface area contributed by atoms with Crippen molar-refractivity contribution in [2.75, 3.05) is 0 Å². The summed E-state index contributed by atoms with van der Waals surface area (Å²) in [5.74, 6) is -0.100. The van der Waals surface area contributed by atoms with Crippen LogP contribution in [0.15, 0.2) is 6.20 Å². The Morgan fingerprint density at radius 1 is 1.62 bits per heavy atom. The number of nitro groups is 1. The number of hydrogen-bond donors (Lipinski definition) is 0. The molecule has 0 N–H and O–H groups in total. The van der Waals surface area contributed by atoms with Gasteiger partial charge in [0.2, 0.25) is 5.28 Å². The molecule has 0 bridgehead atoms. The van der Waals surface area contributed by atoms with Gasteiger partial charge in [-0.15, -0.1) is 0 Å². The standard InChI is InChI=1S/C9H12ClN3O3/c1-4-9(2,3)16-7-6(13(14)15)5-11-8(10)12-7/h5H,4H2,1-3H3. The number of hydrogen-bond acceptors (Lipinski definition) is 5. The summed E-state index contributed by atoms with van der Waals surface area (Å²) in [6.07, 6.45) is 1.72. The molecule has 0 radical (unpaired) electrons. The third-order valence-corrected chi connectivity index (χ3v) is 2.31. The molecule has 0 amide bonds. The maximum absolute atomic E-state index is 10.7. The normalized spacial score (nSPS) is 11.2. The summed E-state index contributed by atoms with van der Waals surface area (Å²) in [6.45, 7) is 5.54. The molecule has 0 unspecified atom stereocenters. The predicted molar refractivity (Wildman–Crippen MR) is 58.7 cm³/mol. The first-order valence-corrected chi connectivity index (χ1v) is 5.09. The van der Waals surface area contributed by atoms with Crippen LogP contribution in [0.1, 0.15) is 27.2 Å². The molecule has 0 saturated carbocycles. The zero-order valence-corrected chi connectivity index (χ0v) is 9.98. The highest BCUT2D eigenvalue weighted by Gasteiger charge is 2.25. The summed E-state index contributed by atoms with van der Waals surface area (Å²) in [6, 6.07) is 0. The van der Waals surface area contributed by atoms with Crippen LogP contribution in [-0.4, -0.2) is 20.5 Å². The molecule has 0 aliphatic carbocycles. The lowest BCUT2D eigenvalue weighted by Crippen LogP contribution is -2.27. The number of halogens is 1. The summed E-state index contributed by atoms with van der Waals surface area (Å²) < 4.78 is 5.45. The van der Waals surface area contributed by atoms with Crippen molar-refractivity contribution in [3.63, 3.8) is 0 Å².